The zero-order valence-corrected chi connectivity index (χ0v) is 7.18. The van der Waals surface area contributed by atoms with E-state index in [2.05, 4.69) is 43.3 Å². The van der Waals surface area contributed by atoms with E-state index < -0.39 is 0 Å². The molecule has 0 spiro atoms. The van der Waals surface area contributed by atoms with Gasteiger partial charge in [-0.1, -0.05) is 6.92 Å². The highest BCUT2D eigenvalue weighted by atomic mass is 15.1. The van der Waals surface area contributed by atoms with Crippen molar-refractivity contribution in [1.82, 2.24) is 4.57 Å². The van der Waals surface area contributed by atoms with Crippen molar-refractivity contribution in [2.24, 2.45) is 14.1 Å². The number of aryl methyl sites for hydroxylation is 2. The molecule has 0 amide bonds. The lowest BCUT2D eigenvalue weighted by molar-refractivity contribution is -0.677. The van der Waals surface area contributed by atoms with Gasteiger partial charge in [0, 0.05) is 13.3 Å². The summed E-state index contributed by atoms with van der Waals surface area (Å²) in [5, 5.41) is 0. The van der Waals surface area contributed by atoms with Gasteiger partial charge in [-0.25, -0.2) is 9.13 Å². The van der Waals surface area contributed by atoms with Crippen molar-refractivity contribution < 1.29 is 4.57 Å². The fourth-order valence-corrected chi connectivity index (χ4v) is 1.18. The smallest absolute Gasteiger partial charge is 0.237 e. The first-order valence-electron chi connectivity index (χ1n) is 3.67. The summed E-state index contributed by atoms with van der Waals surface area (Å²) in [4.78, 5) is 0. The maximum atomic E-state index is 2.22. The molecule has 0 radical (unpaired) electrons. The maximum Gasteiger partial charge on any atom is 0.253 e. The third kappa shape index (κ3) is 0.939. The lowest BCUT2D eigenvalue weighted by Crippen LogP contribution is -2.29. The van der Waals surface area contributed by atoms with E-state index in [1.165, 1.54) is 11.5 Å². The van der Waals surface area contributed by atoms with Crippen LogP contribution in [0.3, 0.4) is 0 Å². The lowest BCUT2D eigenvalue weighted by atomic mass is 10.4. The van der Waals surface area contributed by atoms with Gasteiger partial charge in [-0.3, -0.25) is 0 Å². The molecule has 0 aliphatic rings. The molecule has 1 aromatic heterocycles. The SMILES string of the molecule is CCc1c[n+](C)c(C)n1C. The molecular formula is C8H15N2+. The van der Waals surface area contributed by atoms with E-state index in [1.54, 1.807) is 0 Å². The summed E-state index contributed by atoms with van der Waals surface area (Å²) in [6.45, 7) is 4.30. The van der Waals surface area contributed by atoms with Gasteiger partial charge in [0.25, 0.3) is 5.82 Å². The number of rotatable bonds is 1. The lowest BCUT2D eigenvalue weighted by Gasteiger charge is -1.89. The minimum absolute atomic E-state index is 1.11. The molecule has 56 valence electrons. The van der Waals surface area contributed by atoms with Crippen LogP contribution in [0.4, 0.5) is 0 Å². The van der Waals surface area contributed by atoms with Gasteiger partial charge in [0.15, 0.2) is 0 Å². The average molecular weight is 139 g/mol. The monoisotopic (exact) mass is 139 g/mol. The summed E-state index contributed by atoms with van der Waals surface area (Å²) in [6, 6.07) is 0. The Balaban J connectivity index is 3.17. The van der Waals surface area contributed by atoms with Crippen molar-refractivity contribution in [3.8, 4) is 0 Å². The topological polar surface area (TPSA) is 8.81 Å². The molecule has 0 atom stereocenters. The van der Waals surface area contributed by atoms with Crippen LogP contribution in [0.15, 0.2) is 6.20 Å². The van der Waals surface area contributed by atoms with Crippen LogP contribution >= 0.6 is 0 Å². The molecule has 2 nitrogen and oxygen atoms in total. The third-order valence-corrected chi connectivity index (χ3v) is 2.13. The Morgan fingerprint density at radius 3 is 2.40 bits per heavy atom. The van der Waals surface area contributed by atoms with E-state index in [-0.39, 0.29) is 0 Å². The summed E-state index contributed by atoms with van der Waals surface area (Å²) >= 11 is 0. The molecule has 0 aliphatic heterocycles. The Morgan fingerprint density at radius 2 is 2.20 bits per heavy atom. The normalized spacial score (nSPS) is 10.4. The molecule has 2 heteroatoms. The standard InChI is InChI=1S/C8H15N2/c1-5-8-6-9(3)7(2)10(8)4/h6H,5H2,1-4H3/q+1. The molecule has 10 heavy (non-hydrogen) atoms. The van der Waals surface area contributed by atoms with Gasteiger partial charge in [0.1, 0.15) is 11.9 Å². The van der Waals surface area contributed by atoms with Gasteiger partial charge >= 0.3 is 0 Å². The van der Waals surface area contributed by atoms with Gasteiger partial charge < -0.3 is 0 Å². The number of hydrogen-bond donors (Lipinski definition) is 0. The molecule has 0 unspecified atom stereocenters. The van der Waals surface area contributed by atoms with E-state index >= 15 is 0 Å². The van der Waals surface area contributed by atoms with Crippen LogP contribution in [0, 0.1) is 6.92 Å². The molecule has 1 aromatic rings. The van der Waals surface area contributed by atoms with Crippen LogP contribution in [0.2, 0.25) is 0 Å². The molecule has 1 heterocycles. The van der Waals surface area contributed by atoms with E-state index in [0.717, 1.165) is 6.42 Å². The van der Waals surface area contributed by atoms with Crippen LogP contribution in [0.1, 0.15) is 18.4 Å². The van der Waals surface area contributed by atoms with Crippen molar-refractivity contribution in [2.75, 3.05) is 0 Å². The van der Waals surface area contributed by atoms with E-state index in [0.29, 0.717) is 0 Å². The molecule has 0 fully saturated rings. The quantitative estimate of drug-likeness (QED) is 0.507. The molecule has 0 saturated carbocycles. The van der Waals surface area contributed by atoms with Gasteiger partial charge in [0.2, 0.25) is 0 Å². The average Bonchev–Trinajstić information content (AvgIpc) is 2.17. The van der Waals surface area contributed by atoms with E-state index in [9.17, 15) is 0 Å². The highest BCUT2D eigenvalue weighted by Gasteiger charge is 2.10. The summed E-state index contributed by atoms with van der Waals surface area (Å²) in [5.74, 6) is 1.30. The Labute approximate surface area is 62.1 Å². The fourth-order valence-electron chi connectivity index (χ4n) is 1.18. The molecular weight excluding hydrogens is 124 g/mol. The first kappa shape index (κ1) is 7.32. The van der Waals surface area contributed by atoms with Crippen LogP contribution in [-0.4, -0.2) is 4.57 Å². The second-order valence-electron chi connectivity index (χ2n) is 2.69. The predicted octanol–water partition coefficient (Wildman–Crippen LogP) is 0.720. The molecule has 1 rings (SSSR count). The number of imidazole rings is 1. The van der Waals surface area contributed by atoms with Crippen molar-refractivity contribution >= 4 is 0 Å². The largest absolute Gasteiger partial charge is 0.253 e. The molecule has 0 saturated heterocycles. The summed E-state index contributed by atoms with van der Waals surface area (Å²) in [6.07, 6.45) is 3.29. The van der Waals surface area contributed by atoms with Crippen LogP contribution < -0.4 is 4.57 Å². The van der Waals surface area contributed by atoms with Gasteiger partial charge in [-0.05, 0) is 0 Å². The Morgan fingerprint density at radius 1 is 1.60 bits per heavy atom. The minimum Gasteiger partial charge on any atom is -0.237 e. The van der Waals surface area contributed by atoms with E-state index in [4.69, 9.17) is 0 Å². The van der Waals surface area contributed by atoms with Crippen LogP contribution in [0.25, 0.3) is 0 Å². The minimum atomic E-state index is 1.11. The Bertz CT molecular complexity index is 236. The molecule has 0 aromatic carbocycles. The molecule has 0 N–H and O–H groups in total. The summed E-state index contributed by atoms with van der Waals surface area (Å²) < 4.78 is 4.37. The second kappa shape index (κ2) is 2.45. The first-order valence-corrected chi connectivity index (χ1v) is 3.67. The number of aromatic nitrogens is 2. The highest BCUT2D eigenvalue weighted by Crippen LogP contribution is 1.98. The highest BCUT2D eigenvalue weighted by molar-refractivity contribution is 4.96. The maximum absolute atomic E-state index is 2.22. The van der Waals surface area contributed by atoms with Crippen molar-refractivity contribution in [3.63, 3.8) is 0 Å². The number of nitrogens with zero attached hydrogens (tertiary/aromatic N) is 2. The Kier molecular flexibility index (Phi) is 1.79. The summed E-state index contributed by atoms with van der Waals surface area (Å²) in [5.41, 5.74) is 1.39. The number of hydrogen-bond acceptors (Lipinski definition) is 0. The zero-order chi connectivity index (χ0) is 7.72. The molecule has 0 aliphatic carbocycles. The van der Waals surface area contributed by atoms with Gasteiger partial charge in [0.05, 0.1) is 14.1 Å². The third-order valence-electron chi connectivity index (χ3n) is 2.13. The second-order valence-corrected chi connectivity index (χ2v) is 2.69. The Hall–Kier alpha value is -0.790. The van der Waals surface area contributed by atoms with Crippen LogP contribution in [-0.2, 0) is 20.5 Å². The van der Waals surface area contributed by atoms with E-state index in [1.807, 2.05) is 0 Å². The first-order chi connectivity index (χ1) is 4.66. The summed E-state index contributed by atoms with van der Waals surface area (Å²) in [7, 11) is 4.18. The molecule has 0 bridgehead atoms. The van der Waals surface area contributed by atoms with Crippen molar-refractivity contribution in [1.29, 1.82) is 0 Å². The fraction of sp³-hybridized carbons (Fsp3) is 0.625. The van der Waals surface area contributed by atoms with Gasteiger partial charge in [-0.15, -0.1) is 0 Å². The van der Waals surface area contributed by atoms with Crippen molar-refractivity contribution in [2.45, 2.75) is 20.3 Å². The zero-order valence-electron chi connectivity index (χ0n) is 7.18. The van der Waals surface area contributed by atoms with Crippen LogP contribution in [0.5, 0.6) is 0 Å². The van der Waals surface area contributed by atoms with Gasteiger partial charge in [-0.2, -0.15) is 0 Å². The predicted molar refractivity (Wildman–Crippen MR) is 40.7 cm³/mol. The van der Waals surface area contributed by atoms with Crippen molar-refractivity contribution in [3.05, 3.63) is 17.7 Å².